The fourth-order valence-electron chi connectivity index (χ4n) is 7.11. The van der Waals surface area contributed by atoms with Crippen molar-refractivity contribution in [2.24, 2.45) is 0 Å². The van der Waals surface area contributed by atoms with E-state index in [4.69, 9.17) is 0 Å². The van der Waals surface area contributed by atoms with Gasteiger partial charge in [-0.3, -0.25) is 4.90 Å². The molecule has 0 saturated carbocycles. The third-order valence-electron chi connectivity index (χ3n) is 9.92. The van der Waals surface area contributed by atoms with E-state index in [9.17, 15) is 40.9 Å². The van der Waals surface area contributed by atoms with E-state index in [1.165, 1.54) is 0 Å². The minimum atomic E-state index is -0.943. The third-order valence-corrected chi connectivity index (χ3v) is 9.92. The molecule has 0 unspecified atom stereocenters. The maximum absolute atomic E-state index is 11.7. The lowest BCUT2D eigenvalue weighted by Crippen LogP contribution is -2.12. The smallest absolute Gasteiger partial charge is 0.186 e. The van der Waals surface area contributed by atoms with E-state index in [1.807, 2.05) is 72.8 Å². The van der Waals surface area contributed by atoms with Crippen molar-refractivity contribution in [1.29, 1.82) is 0 Å². The van der Waals surface area contributed by atoms with E-state index in [1.54, 1.807) is 84.9 Å². The SMILES string of the molecule is Oc1c(O)c(N(c2ccc(-c3cc(-c4ccccc4)cc(-c4ccccc4)c3)cc2)c2c(O)c(O)c(-c3ccccc3)c(O)c2O)c(O)c(O)c1-c1ccccc1. The Morgan fingerprint density at radius 1 is 0.246 bits per heavy atom. The lowest BCUT2D eigenvalue weighted by atomic mass is 9.93. The maximum Gasteiger partial charge on any atom is 0.186 e. The highest BCUT2D eigenvalue weighted by molar-refractivity contribution is 6.00. The van der Waals surface area contributed by atoms with Gasteiger partial charge in [-0.25, -0.2) is 0 Å². The van der Waals surface area contributed by atoms with Gasteiger partial charge in [0.05, 0.1) is 11.1 Å². The van der Waals surface area contributed by atoms with Crippen LogP contribution in [0.2, 0.25) is 0 Å². The molecule has 0 heterocycles. The summed E-state index contributed by atoms with van der Waals surface area (Å²) in [5, 5.41) is 92.1. The van der Waals surface area contributed by atoms with Gasteiger partial charge >= 0.3 is 0 Å². The Hall–Kier alpha value is -8.04. The Morgan fingerprint density at radius 3 is 0.807 bits per heavy atom. The van der Waals surface area contributed by atoms with Crippen molar-refractivity contribution in [3.63, 3.8) is 0 Å². The van der Waals surface area contributed by atoms with Crippen molar-refractivity contribution in [2.45, 2.75) is 0 Å². The molecule has 9 heteroatoms. The molecule has 0 radical (unpaired) electrons. The van der Waals surface area contributed by atoms with E-state index >= 15 is 0 Å². The lowest BCUT2D eigenvalue weighted by molar-refractivity contribution is 0.372. The fraction of sp³-hybridized carbons (Fsp3) is 0. The predicted molar refractivity (Wildman–Crippen MR) is 222 cm³/mol. The van der Waals surface area contributed by atoms with Crippen LogP contribution >= 0.6 is 0 Å². The average molecular weight is 754 g/mol. The molecule has 0 bridgehead atoms. The van der Waals surface area contributed by atoms with E-state index in [-0.39, 0.29) is 27.9 Å². The molecule has 57 heavy (non-hydrogen) atoms. The Bertz CT molecular complexity index is 2520. The normalized spacial score (nSPS) is 11.0. The highest BCUT2D eigenvalue weighted by atomic mass is 16.3. The third kappa shape index (κ3) is 6.39. The van der Waals surface area contributed by atoms with Gasteiger partial charge in [-0.05, 0) is 74.8 Å². The highest BCUT2D eigenvalue weighted by Crippen LogP contribution is 2.63. The monoisotopic (exact) mass is 753 g/mol. The van der Waals surface area contributed by atoms with E-state index < -0.39 is 57.4 Å². The first-order valence-electron chi connectivity index (χ1n) is 17.9. The zero-order valence-electron chi connectivity index (χ0n) is 30.1. The first-order chi connectivity index (χ1) is 27.6. The average Bonchev–Trinajstić information content (AvgIpc) is 3.26. The minimum absolute atomic E-state index is 0.0648. The molecule has 0 atom stereocenters. The zero-order chi connectivity index (χ0) is 39.8. The number of aromatic hydroxyl groups is 8. The van der Waals surface area contributed by atoms with Crippen LogP contribution in [-0.2, 0) is 0 Å². The maximum atomic E-state index is 11.7. The first-order valence-corrected chi connectivity index (χ1v) is 17.9. The first kappa shape index (κ1) is 36.0. The van der Waals surface area contributed by atoms with E-state index in [0.717, 1.165) is 38.3 Å². The standard InChI is InChI=1S/C48H35NO8/c50-41-37(31-17-9-3-10-18-31)42(51)46(55)39(45(41)54)49(40-47(56)43(52)38(44(53)48(40)57)32-19-11-4-12-20-32)36-23-21-30(22-24-36)35-26-33(28-13-5-1-6-14-28)25-34(27-35)29-15-7-2-8-16-29/h1-27,50-57H. The summed E-state index contributed by atoms with van der Waals surface area (Å²) in [6.45, 7) is 0. The van der Waals surface area contributed by atoms with Gasteiger partial charge in [-0.1, -0.05) is 133 Å². The summed E-state index contributed by atoms with van der Waals surface area (Å²) < 4.78 is 0. The molecule has 0 spiro atoms. The molecule has 280 valence electrons. The van der Waals surface area contributed by atoms with Crippen LogP contribution in [0.5, 0.6) is 46.0 Å². The van der Waals surface area contributed by atoms with Crippen LogP contribution in [0, 0.1) is 0 Å². The van der Waals surface area contributed by atoms with Crippen LogP contribution in [0.25, 0.3) is 55.6 Å². The number of phenolic OH excluding ortho intramolecular Hbond substituents is 8. The van der Waals surface area contributed by atoms with Gasteiger partial charge in [0.2, 0.25) is 0 Å². The second-order valence-electron chi connectivity index (χ2n) is 13.4. The zero-order valence-corrected chi connectivity index (χ0v) is 30.1. The van der Waals surface area contributed by atoms with Crippen molar-refractivity contribution in [2.75, 3.05) is 4.90 Å². The predicted octanol–water partition coefficient (Wildman–Crippen LogP) is 11.1. The number of benzene rings is 8. The minimum Gasteiger partial charge on any atom is -0.504 e. The van der Waals surface area contributed by atoms with Gasteiger partial charge in [0, 0.05) is 5.69 Å². The topological polar surface area (TPSA) is 165 Å². The number of hydrogen-bond acceptors (Lipinski definition) is 9. The number of anilines is 3. The molecule has 0 saturated heterocycles. The molecule has 9 nitrogen and oxygen atoms in total. The van der Waals surface area contributed by atoms with Crippen LogP contribution in [0.15, 0.2) is 164 Å². The van der Waals surface area contributed by atoms with Crippen LogP contribution in [0.4, 0.5) is 17.1 Å². The quantitative estimate of drug-likeness (QED) is 0.0557. The molecule has 0 aliphatic rings. The molecule has 8 N–H and O–H groups in total. The molecular weight excluding hydrogens is 719 g/mol. The number of rotatable bonds is 8. The number of hydrogen-bond donors (Lipinski definition) is 8. The molecule has 0 amide bonds. The van der Waals surface area contributed by atoms with Crippen molar-refractivity contribution in [1.82, 2.24) is 0 Å². The molecule has 8 aromatic rings. The van der Waals surface area contributed by atoms with Gasteiger partial charge in [-0.2, -0.15) is 0 Å². The van der Waals surface area contributed by atoms with Crippen molar-refractivity contribution in [3.8, 4) is 102 Å². The Kier molecular flexibility index (Phi) is 9.24. The van der Waals surface area contributed by atoms with E-state index in [0.29, 0.717) is 0 Å². The molecule has 0 aliphatic carbocycles. The van der Waals surface area contributed by atoms with Gasteiger partial charge in [-0.15, -0.1) is 0 Å². The van der Waals surface area contributed by atoms with Crippen LogP contribution < -0.4 is 4.90 Å². The number of nitrogens with zero attached hydrogens (tertiary/aromatic N) is 1. The molecule has 0 aliphatic heterocycles. The lowest BCUT2D eigenvalue weighted by Gasteiger charge is -2.30. The van der Waals surface area contributed by atoms with Crippen LogP contribution in [-0.4, -0.2) is 40.9 Å². The summed E-state index contributed by atoms with van der Waals surface area (Å²) in [7, 11) is 0. The van der Waals surface area contributed by atoms with E-state index in [2.05, 4.69) is 6.07 Å². The summed E-state index contributed by atoms with van der Waals surface area (Å²) in [5.41, 5.74) is 4.22. The molecular formula is C48H35NO8. The molecule has 8 aromatic carbocycles. The van der Waals surface area contributed by atoms with Crippen LogP contribution in [0.1, 0.15) is 0 Å². The molecule has 0 aromatic heterocycles. The van der Waals surface area contributed by atoms with Crippen molar-refractivity contribution in [3.05, 3.63) is 164 Å². The summed E-state index contributed by atoms with van der Waals surface area (Å²) in [6, 6.07) is 48.8. The molecule has 0 fully saturated rings. The Balaban J connectivity index is 1.34. The fourth-order valence-corrected chi connectivity index (χ4v) is 7.11. The highest BCUT2D eigenvalue weighted by Gasteiger charge is 2.35. The Labute approximate surface area is 327 Å². The second kappa shape index (κ2) is 14.7. The van der Waals surface area contributed by atoms with Gasteiger partial charge in [0.15, 0.2) is 46.0 Å². The van der Waals surface area contributed by atoms with Gasteiger partial charge in [0.1, 0.15) is 11.4 Å². The summed E-state index contributed by atoms with van der Waals surface area (Å²) in [6.07, 6.45) is 0. The van der Waals surface area contributed by atoms with Gasteiger partial charge in [0.25, 0.3) is 0 Å². The van der Waals surface area contributed by atoms with Crippen molar-refractivity contribution >= 4 is 17.1 Å². The summed E-state index contributed by atoms with van der Waals surface area (Å²) in [5.74, 6) is -7.08. The second-order valence-corrected chi connectivity index (χ2v) is 13.4. The Morgan fingerprint density at radius 2 is 0.509 bits per heavy atom. The van der Waals surface area contributed by atoms with Gasteiger partial charge < -0.3 is 40.9 Å². The largest absolute Gasteiger partial charge is 0.504 e. The van der Waals surface area contributed by atoms with Crippen LogP contribution in [0.3, 0.4) is 0 Å². The van der Waals surface area contributed by atoms with Crippen molar-refractivity contribution < 1.29 is 40.9 Å². The molecule has 8 rings (SSSR count). The number of phenols is 8. The summed E-state index contributed by atoms with van der Waals surface area (Å²) in [4.78, 5) is 0.928. The summed E-state index contributed by atoms with van der Waals surface area (Å²) >= 11 is 0.